The molecule has 0 spiro atoms. The molecule has 2 N–H and O–H groups in total. The zero-order chi connectivity index (χ0) is 22.0. The van der Waals surface area contributed by atoms with E-state index in [-0.39, 0.29) is 12.2 Å². The number of rotatable bonds is 7. The summed E-state index contributed by atoms with van der Waals surface area (Å²) in [5.74, 6) is 1.19. The van der Waals surface area contributed by atoms with Crippen molar-refractivity contribution in [3.8, 4) is 6.01 Å². The van der Waals surface area contributed by atoms with Crippen molar-refractivity contribution in [1.29, 1.82) is 0 Å². The second-order valence-electron chi connectivity index (χ2n) is 8.88. The molecule has 0 unspecified atom stereocenters. The molecule has 0 amide bonds. The van der Waals surface area contributed by atoms with Crippen molar-refractivity contribution < 1.29 is 9.53 Å². The summed E-state index contributed by atoms with van der Waals surface area (Å²) in [4.78, 5) is 25.9. The van der Waals surface area contributed by atoms with E-state index >= 15 is 0 Å². The molecule has 0 aliphatic carbocycles. The van der Waals surface area contributed by atoms with Gasteiger partial charge in [0.05, 0.1) is 13.2 Å². The maximum absolute atomic E-state index is 12.4. The fourth-order valence-electron chi connectivity index (χ4n) is 4.34. The minimum Gasteiger partial charge on any atom is -0.463 e. The monoisotopic (exact) mass is 423 g/mol. The van der Waals surface area contributed by atoms with E-state index in [1.165, 1.54) is 16.7 Å². The molecular formula is C24H33N5O2. The van der Waals surface area contributed by atoms with Crippen molar-refractivity contribution in [2.24, 2.45) is 0 Å². The van der Waals surface area contributed by atoms with E-state index in [0.717, 1.165) is 38.2 Å². The number of hydrogen-bond acceptors (Lipinski definition) is 7. The first-order chi connectivity index (χ1) is 14.9. The van der Waals surface area contributed by atoms with Crippen molar-refractivity contribution in [1.82, 2.24) is 14.9 Å². The van der Waals surface area contributed by atoms with E-state index < -0.39 is 0 Å². The average molecular weight is 424 g/mol. The number of carbonyl (C=O) groups excluding carboxylic acids is 1. The predicted octanol–water partition coefficient (Wildman–Crippen LogP) is 3.14. The number of anilines is 2. The number of ketones is 1. The molecule has 0 fully saturated rings. The lowest BCUT2D eigenvalue weighted by atomic mass is 9.96. The van der Waals surface area contributed by atoms with Gasteiger partial charge in [-0.1, -0.05) is 31.5 Å². The minimum atomic E-state index is 0.131. The molecule has 166 valence electrons. The highest BCUT2D eigenvalue weighted by Gasteiger charge is 2.28. The van der Waals surface area contributed by atoms with Gasteiger partial charge in [-0.25, -0.2) is 0 Å². The Hall–Kier alpha value is -2.67. The molecule has 4 rings (SSSR count). The van der Waals surface area contributed by atoms with Crippen LogP contribution in [0.25, 0.3) is 0 Å². The van der Waals surface area contributed by atoms with Gasteiger partial charge < -0.3 is 15.4 Å². The van der Waals surface area contributed by atoms with Crippen LogP contribution in [0.1, 0.15) is 55.9 Å². The third-order valence-corrected chi connectivity index (χ3v) is 6.18. The van der Waals surface area contributed by atoms with E-state index in [2.05, 4.69) is 53.8 Å². The lowest BCUT2D eigenvalue weighted by Gasteiger charge is -2.33. The van der Waals surface area contributed by atoms with Gasteiger partial charge in [0, 0.05) is 37.7 Å². The van der Waals surface area contributed by atoms with Crippen LogP contribution in [0, 0.1) is 0 Å². The van der Waals surface area contributed by atoms with Gasteiger partial charge in [0.25, 0.3) is 0 Å². The Balaban J connectivity index is 1.58. The molecular weight excluding hydrogens is 390 g/mol. The second-order valence-corrected chi connectivity index (χ2v) is 8.88. The lowest BCUT2D eigenvalue weighted by molar-refractivity contribution is -0.117. The van der Waals surface area contributed by atoms with Crippen molar-refractivity contribution in [2.75, 3.05) is 30.3 Å². The quantitative estimate of drug-likeness (QED) is 0.685. The highest BCUT2D eigenvalue weighted by molar-refractivity contribution is 5.91. The summed E-state index contributed by atoms with van der Waals surface area (Å²) in [6.45, 7) is 10.2. The molecule has 7 nitrogen and oxygen atoms in total. The van der Waals surface area contributed by atoms with Gasteiger partial charge >= 0.3 is 6.01 Å². The standard InChI is InChI=1S/C24H33N5O2/c1-4-5-10-31-24-26-22(25)21-12-20(30)15-29(23(21)27-24)13-17-6-7-18-8-9-28(16(2)3)14-19(18)11-17/h6-7,11,16H,4-5,8-10,12-15H2,1-3H3,(H2,25,26,27). The topological polar surface area (TPSA) is 84.6 Å². The number of unbranched alkanes of at least 4 members (excludes halogenated alkanes) is 1. The van der Waals surface area contributed by atoms with E-state index in [4.69, 9.17) is 10.5 Å². The highest BCUT2D eigenvalue weighted by atomic mass is 16.5. The van der Waals surface area contributed by atoms with Gasteiger partial charge in [0.15, 0.2) is 5.78 Å². The minimum absolute atomic E-state index is 0.131. The largest absolute Gasteiger partial charge is 0.463 e. The van der Waals surface area contributed by atoms with Gasteiger partial charge in [-0.05, 0) is 43.4 Å². The third-order valence-electron chi connectivity index (χ3n) is 6.18. The zero-order valence-corrected chi connectivity index (χ0v) is 18.9. The van der Waals surface area contributed by atoms with Crippen LogP contribution in [-0.2, 0) is 30.7 Å². The van der Waals surface area contributed by atoms with Crippen LogP contribution in [0.2, 0.25) is 0 Å². The van der Waals surface area contributed by atoms with Gasteiger partial charge in [0.2, 0.25) is 0 Å². The summed E-state index contributed by atoms with van der Waals surface area (Å²) in [5, 5.41) is 0. The Kier molecular flexibility index (Phi) is 6.41. The van der Waals surface area contributed by atoms with Crippen LogP contribution in [0.15, 0.2) is 18.2 Å². The first kappa shape index (κ1) is 21.6. The van der Waals surface area contributed by atoms with E-state index in [1.54, 1.807) is 0 Å². The molecule has 0 saturated heterocycles. The number of nitrogens with two attached hydrogens (primary N) is 1. The number of benzene rings is 1. The van der Waals surface area contributed by atoms with Crippen molar-refractivity contribution >= 4 is 17.4 Å². The maximum Gasteiger partial charge on any atom is 0.320 e. The first-order valence-electron chi connectivity index (χ1n) is 11.3. The first-order valence-corrected chi connectivity index (χ1v) is 11.3. The van der Waals surface area contributed by atoms with Gasteiger partial charge in [-0.2, -0.15) is 9.97 Å². The number of nitrogens with zero attached hydrogens (tertiary/aromatic N) is 4. The Bertz CT molecular complexity index is 959. The fraction of sp³-hybridized carbons (Fsp3) is 0.542. The average Bonchev–Trinajstić information content (AvgIpc) is 2.74. The van der Waals surface area contributed by atoms with Gasteiger partial charge in [-0.3, -0.25) is 9.69 Å². The van der Waals surface area contributed by atoms with Crippen molar-refractivity contribution in [3.05, 3.63) is 40.5 Å². The number of fused-ring (bicyclic) bond motifs is 2. The lowest BCUT2D eigenvalue weighted by Crippen LogP contribution is -2.37. The van der Waals surface area contributed by atoms with Crippen LogP contribution in [0.3, 0.4) is 0 Å². The summed E-state index contributed by atoms with van der Waals surface area (Å²) in [6, 6.07) is 7.52. The number of ether oxygens (including phenoxy) is 1. The Morgan fingerprint density at radius 2 is 2.03 bits per heavy atom. The molecule has 1 aromatic heterocycles. The van der Waals surface area contributed by atoms with E-state index in [0.29, 0.717) is 43.1 Å². The second kappa shape index (κ2) is 9.22. The SMILES string of the molecule is CCCCOc1nc(N)c2c(n1)N(Cc1ccc3c(c1)CN(C(C)C)CC3)CC(=O)C2. The smallest absolute Gasteiger partial charge is 0.320 e. The van der Waals surface area contributed by atoms with Crippen LogP contribution in [0.5, 0.6) is 6.01 Å². The van der Waals surface area contributed by atoms with Crippen LogP contribution >= 0.6 is 0 Å². The number of carbonyl (C=O) groups is 1. The molecule has 0 saturated carbocycles. The predicted molar refractivity (Wildman–Crippen MR) is 122 cm³/mol. The molecule has 7 heteroatoms. The van der Waals surface area contributed by atoms with Gasteiger partial charge in [0.1, 0.15) is 11.6 Å². The normalized spacial score (nSPS) is 16.4. The van der Waals surface area contributed by atoms with Crippen LogP contribution in [-0.4, -0.2) is 46.4 Å². The van der Waals surface area contributed by atoms with Crippen LogP contribution < -0.4 is 15.4 Å². The summed E-state index contributed by atoms with van der Waals surface area (Å²) in [6.07, 6.45) is 3.33. The highest BCUT2D eigenvalue weighted by Crippen LogP contribution is 2.31. The number of Topliss-reactive ketones (excluding diaryl/α,β-unsaturated/α-hetero) is 1. The molecule has 3 heterocycles. The summed E-state index contributed by atoms with van der Waals surface area (Å²) < 4.78 is 5.71. The number of aromatic nitrogens is 2. The summed E-state index contributed by atoms with van der Waals surface area (Å²) in [7, 11) is 0. The number of hydrogen-bond donors (Lipinski definition) is 1. The molecule has 0 atom stereocenters. The van der Waals surface area contributed by atoms with Crippen molar-refractivity contribution in [2.45, 2.75) is 65.6 Å². The molecule has 31 heavy (non-hydrogen) atoms. The van der Waals surface area contributed by atoms with Crippen molar-refractivity contribution in [3.63, 3.8) is 0 Å². The van der Waals surface area contributed by atoms with E-state index in [9.17, 15) is 4.79 Å². The fourth-order valence-corrected chi connectivity index (χ4v) is 4.34. The molecule has 2 aromatic rings. The Morgan fingerprint density at radius 3 is 2.81 bits per heavy atom. The molecule has 0 bridgehead atoms. The zero-order valence-electron chi connectivity index (χ0n) is 18.9. The Labute approximate surface area is 184 Å². The maximum atomic E-state index is 12.4. The van der Waals surface area contributed by atoms with Crippen LogP contribution in [0.4, 0.5) is 11.6 Å². The van der Waals surface area contributed by atoms with E-state index in [1.807, 2.05) is 4.90 Å². The summed E-state index contributed by atoms with van der Waals surface area (Å²) in [5.41, 5.74) is 10.9. The van der Waals surface area contributed by atoms with Gasteiger partial charge in [-0.15, -0.1) is 0 Å². The molecule has 1 aromatic carbocycles. The molecule has 2 aliphatic rings. The summed E-state index contributed by atoms with van der Waals surface area (Å²) >= 11 is 0. The third kappa shape index (κ3) is 4.82. The number of nitrogen functional groups attached to an aromatic ring is 1. The molecule has 2 aliphatic heterocycles. The molecule has 0 radical (unpaired) electrons. The Morgan fingerprint density at radius 1 is 1.19 bits per heavy atom.